The summed E-state index contributed by atoms with van der Waals surface area (Å²) in [4.78, 5) is 9.71. The first-order valence-electron chi connectivity index (χ1n) is 6.09. The van der Waals surface area contributed by atoms with Gasteiger partial charge in [0.25, 0.3) is 0 Å². The van der Waals surface area contributed by atoms with Crippen molar-refractivity contribution in [2.75, 3.05) is 0 Å². The largest absolute Gasteiger partial charge is 4.00 e. The van der Waals surface area contributed by atoms with Crippen molar-refractivity contribution < 1.29 is 55.5 Å². The van der Waals surface area contributed by atoms with Gasteiger partial charge in [-0.05, 0) is 6.42 Å². The van der Waals surface area contributed by atoms with Gasteiger partial charge >= 0.3 is 25.8 Å². The SMILES string of the molecule is CCCC([NH-])=O.C[Si]C.[Cl-].[Cl-].[Hf+4].c1ccc2[cH-]ccc2c1. The zero-order valence-corrected chi connectivity index (χ0v) is 18.7. The Bertz CT molecular complexity index is 422. The average Bonchev–Trinajstić information content (AvgIpc) is 2.78. The third-order valence-corrected chi connectivity index (χ3v) is 2.02. The predicted molar refractivity (Wildman–Crippen MR) is 81.3 cm³/mol. The second kappa shape index (κ2) is 20.0. The second-order valence-electron chi connectivity index (χ2n) is 3.83. The minimum Gasteiger partial charge on any atom is -1.00 e. The Balaban J connectivity index is -0.000000109. The minimum absolute atomic E-state index is 0. The molecule has 0 atom stereocenters. The number of hydrogen-bond acceptors (Lipinski definition) is 1. The second-order valence-corrected chi connectivity index (χ2v) is 4.83. The molecule has 0 fully saturated rings. The van der Waals surface area contributed by atoms with Crippen LogP contribution in [0.2, 0.25) is 13.1 Å². The third kappa shape index (κ3) is 16.2. The van der Waals surface area contributed by atoms with Gasteiger partial charge in [-0.1, -0.05) is 32.5 Å². The van der Waals surface area contributed by atoms with Crippen molar-refractivity contribution in [2.24, 2.45) is 0 Å². The molecule has 1 N–H and O–H groups in total. The van der Waals surface area contributed by atoms with Gasteiger partial charge in [0.05, 0.1) is 0 Å². The molecule has 2 aromatic rings. The molecule has 0 aliphatic carbocycles. The Morgan fingerprint density at radius 1 is 1.19 bits per heavy atom. The van der Waals surface area contributed by atoms with Gasteiger partial charge in [0.15, 0.2) is 0 Å². The molecular formula is C15H21Cl2HfNOSi. The molecule has 6 heteroatoms. The summed E-state index contributed by atoms with van der Waals surface area (Å²) in [5.41, 5.74) is 6.34. The van der Waals surface area contributed by atoms with Crippen LogP contribution in [0.5, 0.6) is 0 Å². The van der Waals surface area contributed by atoms with E-state index in [0.717, 1.165) is 15.9 Å². The fourth-order valence-electron chi connectivity index (χ4n) is 1.30. The molecule has 21 heavy (non-hydrogen) atoms. The molecule has 0 heterocycles. The quantitative estimate of drug-likeness (QED) is 0.368. The van der Waals surface area contributed by atoms with Gasteiger partial charge in [-0.15, -0.1) is 29.7 Å². The van der Waals surface area contributed by atoms with E-state index in [1.807, 2.05) is 6.92 Å². The molecule has 0 aromatic heterocycles. The van der Waals surface area contributed by atoms with Crippen molar-refractivity contribution in [2.45, 2.75) is 32.9 Å². The molecule has 0 spiro atoms. The van der Waals surface area contributed by atoms with Crippen molar-refractivity contribution in [1.82, 2.24) is 0 Å². The first-order valence-corrected chi connectivity index (χ1v) is 8.09. The third-order valence-electron chi connectivity index (χ3n) is 2.02. The van der Waals surface area contributed by atoms with Gasteiger partial charge in [-0.25, -0.2) is 0 Å². The summed E-state index contributed by atoms with van der Waals surface area (Å²) >= 11 is 0. The van der Waals surface area contributed by atoms with Crippen LogP contribution in [0.1, 0.15) is 19.8 Å². The minimum atomic E-state index is -0.461. The maximum absolute atomic E-state index is 9.71. The number of hydrogen-bond donors (Lipinski definition) is 0. The first kappa shape index (κ1) is 29.0. The van der Waals surface area contributed by atoms with E-state index in [1.165, 1.54) is 10.8 Å². The smallest absolute Gasteiger partial charge is 1.00 e. The number of nitrogens with one attached hydrogen (secondary N) is 1. The molecule has 0 unspecified atom stereocenters. The van der Waals surface area contributed by atoms with Gasteiger partial charge in [-0.3, -0.25) is 0 Å². The number of carbonyl (C=O) groups excluding carboxylic acids is 1. The predicted octanol–water partition coefficient (Wildman–Crippen LogP) is -1.28. The topological polar surface area (TPSA) is 40.9 Å². The van der Waals surface area contributed by atoms with E-state index in [4.69, 9.17) is 5.73 Å². The monoisotopic (exact) mass is 509 g/mol. The molecule has 2 nitrogen and oxygen atoms in total. The Morgan fingerprint density at radius 3 is 2.10 bits per heavy atom. The van der Waals surface area contributed by atoms with Gasteiger partial charge in [0, 0.05) is 15.4 Å². The molecule has 0 saturated carbocycles. The normalized spacial score (nSPS) is 7.57. The van der Waals surface area contributed by atoms with Crippen molar-refractivity contribution in [1.29, 1.82) is 0 Å². The van der Waals surface area contributed by atoms with Crippen LogP contribution in [0.3, 0.4) is 0 Å². The van der Waals surface area contributed by atoms with Crippen LogP contribution in [0.25, 0.3) is 16.5 Å². The summed E-state index contributed by atoms with van der Waals surface area (Å²) in [6.45, 7) is 6.19. The number of halogens is 2. The van der Waals surface area contributed by atoms with Gasteiger partial charge in [-0.2, -0.15) is 17.5 Å². The molecular weight excluding hydrogens is 488 g/mol. The zero-order valence-electron chi connectivity index (χ0n) is 12.6. The van der Waals surface area contributed by atoms with Crippen LogP contribution in [-0.2, 0) is 30.6 Å². The fourth-order valence-corrected chi connectivity index (χ4v) is 1.30. The number of rotatable bonds is 2. The molecule has 2 rings (SSSR count). The Hall–Kier alpha value is -0.0330. The summed E-state index contributed by atoms with van der Waals surface area (Å²) < 4.78 is 0. The maximum atomic E-state index is 9.71. The molecule has 2 radical (unpaired) electrons. The standard InChI is InChI=1S/C9H7.C4H9NO.C2H6Si.2ClH.Hf/c1-2-5-9-7-3-6-8(9)4-1;1-2-3-4(5)6;1-3-2;;;/h1-7H;2-3H2,1H3,(H2,5,6);1-2H3;2*1H;/q-1;;;;;+4/p-3. The Morgan fingerprint density at radius 2 is 1.71 bits per heavy atom. The van der Waals surface area contributed by atoms with Gasteiger partial charge in [0.2, 0.25) is 0 Å². The van der Waals surface area contributed by atoms with Gasteiger partial charge in [0.1, 0.15) is 0 Å². The van der Waals surface area contributed by atoms with Crippen LogP contribution >= 0.6 is 0 Å². The summed E-state index contributed by atoms with van der Waals surface area (Å²) in [6, 6.07) is 14.7. The van der Waals surface area contributed by atoms with E-state index >= 15 is 0 Å². The van der Waals surface area contributed by atoms with E-state index in [1.54, 1.807) is 0 Å². The summed E-state index contributed by atoms with van der Waals surface area (Å²) in [6.07, 6.45) is 1.20. The van der Waals surface area contributed by atoms with Crippen molar-refractivity contribution in [3.63, 3.8) is 0 Å². The van der Waals surface area contributed by atoms with E-state index in [0.29, 0.717) is 6.42 Å². The molecule has 114 valence electrons. The number of carbonyl (C=O) groups is 1. The first-order chi connectivity index (χ1) is 8.65. The van der Waals surface area contributed by atoms with E-state index in [-0.39, 0.29) is 50.7 Å². The van der Waals surface area contributed by atoms with Gasteiger partial charge < -0.3 is 35.3 Å². The molecule has 2 aromatic carbocycles. The van der Waals surface area contributed by atoms with E-state index in [2.05, 4.69) is 55.6 Å². The van der Waals surface area contributed by atoms with Crippen LogP contribution in [0.4, 0.5) is 0 Å². The molecule has 0 aliphatic heterocycles. The summed E-state index contributed by atoms with van der Waals surface area (Å²) in [7, 11) is 1.08. The Kier molecular flexibility index (Phi) is 27.6. The number of amides is 1. The molecule has 0 saturated heterocycles. The number of fused-ring (bicyclic) bond motifs is 1. The average molecular weight is 509 g/mol. The van der Waals surface area contributed by atoms with Crippen molar-refractivity contribution >= 4 is 26.2 Å². The Labute approximate surface area is 162 Å². The van der Waals surface area contributed by atoms with Crippen LogP contribution in [0.15, 0.2) is 42.5 Å². The molecule has 0 aliphatic rings. The van der Waals surface area contributed by atoms with Crippen LogP contribution in [0, 0.1) is 0 Å². The zero-order chi connectivity index (χ0) is 13.8. The summed E-state index contributed by atoms with van der Waals surface area (Å²) in [5.74, 6) is -0.461. The van der Waals surface area contributed by atoms with Crippen LogP contribution in [-0.4, -0.2) is 15.4 Å². The number of benzene rings is 1. The van der Waals surface area contributed by atoms with E-state index in [9.17, 15) is 4.79 Å². The van der Waals surface area contributed by atoms with Crippen LogP contribution < -0.4 is 24.8 Å². The summed E-state index contributed by atoms with van der Waals surface area (Å²) in [5, 5.41) is 2.66. The van der Waals surface area contributed by atoms with E-state index < -0.39 is 5.91 Å². The van der Waals surface area contributed by atoms with Crippen molar-refractivity contribution in [3.05, 3.63) is 48.2 Å². The fraction of sp³-hybridized carbons (Fsp3) is 0.333. The molecule has 0 bridgehead atoms. The van der Waals surface area contributed by atoms with Crippen molar-refractivity contribution in [3.8, 4) is 0 Å². The maximum Gasteiger partial charge on any atom is 4.00 e. The molecule has 1 amide bonds.